The Balaban J connectivity index is 2.13. The molecule has 0 unspecified atom stereocenters. The molecular weight excluding hydrogens is 296 g/mol. The third-order valence-corrected chi connectivity index (χ3v) is 4.08. The van der Waals surface area contributed by atoms with Crippen LogP contribution in [0.3, 0.4) is 0 Å². The molecule has 100 valence electrons. The number of carboxylic acid groups (broad SMARTS) is 1. The van der Waals surface area contributed by atoms with E-state index in [2.05, 4.69) is 9.97 Å². The molecule has 6 heteroatoms. The second-order valence-electron chi connectivity index (χ2n) is 4.21. The zero-order valence-corrected chi connectivity index (χ0v) is 11.8. The molecule has 1 N–H and O–H groups in total. The van der Waals surface area contributed by atoms with E-state index in [0.29, 0.717) is 10.7 Å². The van der Waals surface area contributed by atoms with Crippen LogP contribution in [0.4, 0.5) is 0 Å². The number of pyridine rings is 1. The summed E-state index contributed by atoms with van der Waals surface area (Å²) in [6, 6.07) is 7.40. The number of carboxylic acids is 1. The van der Waals surface area contributed by atoms with Gasteiger partial charge in [-0.2, -0.15) is 0 Å². The van der Waals surface area contributed by atoms with E-state index in [1.54, 1.807) is 17.6 Å². The molecule has 1 aromatic carbocycles. The second kappa shape index (κ2) is 5.19. The first kappa shape index (κ1) is 13.0. The van der Waals surface area contributed by atoms with E-state index in [1.165, 1.54) is 11.3 Å². The first-order valence-electron chi connectivity index (χ1n) is 5.85. The summed E-state index contributed by atoms with van der Waals surface area (Å²) in [5.41, 5.74) is 2.19. The molecule has 2 aromatic heterocycles. The highest BCUT2D eigenvalue weighted by Crippen LogP contribution is 2.33. The average Bonchev–Trinajstić information content (AvgIpc) is 2.87. The van der Waals surface area contributed by atoms with Gasteiger partial charge in [0.1, 0.15) is 5.01 Å². The fraction of sp³-hybridized carbons (Fsp3) is 0.0714. The molecule has 0 aliphatic heterocycles. The van der Waals surface area contributed by atoms with Gasteiger partial charge in [-0.1, -0.05) is 11.6 Å². The van der Waals surface area contributed by atoms with Crippen molar-refractivity contribution in [2.24, 2.45) is 0 Å². The third kappa shape index (κ3) is 2.37. The van der Waals surface area contributed by atoms with E-state index in [-0.39, 0.29) is 6.42 Å². The fourth-order valence-corrected chi connectivity index (χ4v) is 3.04. The largest absolute Gasteiger partial charge is 0.481 e. The van der Waals surface area contributed by atoms with Gasteiger partial charge in [0.25, 0.3) is 0 Å². The van der Waals surface area contributed by atoms with Crippen LogP contribution in [0, 0.1) is 0 Å². The minimum Gasteiger partial charge on any atom is -0.481 e. The molecule has 2 heterocycles. The van der Waals surface area contributed by atoms with Crippen LogP contribution < -0.4 is 0 Å². The molecule has 0 fully saturated rings. The lowest BCUT2D eigenvalue weighted by Crippen LogP contribution is -1.99. The number of aromatic nitrogens is 2. The van der Waals surface area contributed by atoms with E-state index in [0.717, 1.165) is 21.5 Å². The number of fused-ring (bicyclic) bond motifs is 1. The summed E-state index contributed by atoms with van der Waals surface area (Å²) in [7, 11) is 0. The maximum absolute atomic E-state index is 10.7. The standard InChI is InChI=1S/C14H9ClN2O2S/c15-11-4-3-10(13-9(11)2-1-5-16-13)14-17-8(7-20-14)6-12(18)19/h1-5,7H,6H2,(H,18,19). The van der Waals surface area contributed by atoms with E-state index >= 15 is 0 Å². The summed E-state index contributed by atoms with van der Waals surface area (Å²) >= 11 is 7.56. The van der Waals surface area contributed by atoms with Crippen molar-refractivity contribution in [2.45, 2.75) is 6.42 Å². The maximum atomic E-state index is 10.7. The van der Waals surface area contributed by atoms with Crippen molar-refractivity contribution in [1.82, 2.24) is 9.97 Å². The van der Waals surface area contributed by atoms with Crippen LogP contribution >= 0.6 is 22.9 Å². The summed E-state index contributed by atoms with van der Waals surface area (Å²) in [5, 5.41) is 12.8. The minimum absolute atomic E-state index is 0.0740. The van der Waals surface area contributed by atoms with Gasteiger partial charge in [-0.3, -0.25) is 9.78 Å². The van der Waals surface area contributed by atoms with Gasteiger partial charge in [-0.05, 0) is 24.3 Å². The van der Waals surface area contributed by atoms with Crippen LogP contribution in [0.1, 0.15) is 5.69 Å². The smallest absolute Gasteiger partial charge is 0.309 e. The molecule has 0 saturated carbocycles. The molecule has 0 aliphatic carbocycles. The molecule has 0 spiro atoms. The molecule has 4 nitrogen and oxygen atoms in total. The van der Waals surface area contributed by atoms with E-state index in [1.807, 2.05) is 18.2 Å². The van der Waals surface area contributed by atoms with Gasteiger partial charge in [0.2, 0.25) is 0 Å². The van der Waals surface area contributed by atoms with Crippen molar-refractivity contribution in [3.05, 3.63) is 46.6 Å². The van der Waals surface area contributed by atoms with Crippen molar-refractivity contribution in [3.63, 3.8) is 0 Å². The van der Waals surface area contributed by atoms with E-state index in [4.69, 9.17) is 16.7 Å². The first-order chi connectivity index (χ1) is 9.65. The number of rotatable bonds is 3. The lowest BCUT2D eigenvalue weighted by atomic mass is 10.1. The van der Waals surface area contributed by atoms with E-state index in [9.17, 15) is 4.79 Å². The Morgan fingerprint density at radius 3 is 3.00 bits per heavy atom. The quantitative estimate of drug-likeness (QED) is 0.802. The normalized spacial score (nSPS) is 10.8. The molecule has 0 saturated heterocycles. The highest BCUT2D eigenvalue weighted by atomic mass is 35.5. The van der Waals surface area contributed by atoms with Gasteiger partial charge < -0.3 is 5.11 Å². The van der Waals surface area contributed by atoms with Gasteiger partial charge in [-0.15, -0.1) is 11.3 Å². The van der Waals surface area contributed by atoms with Crippen LogP contribution in [0.5, 0.6) is 0 Å². The van der Waals surface area contributed by atoms with Crippen molar-refractivity contribution in [1.29, 1.82) is 0 Å². The van der Waals surface area contributed by atoms with Crippen LogP contribution in [0.2, 0.25) is 5.02 Å². The lowest BCUT2D eigenvalue weighted by Gasteiger charge is -2.04. The Kier molecular flexibility index (Phi) is 3.38. The van der Waals surface area contributed by atoms with Crippen LogP contribution in [-0.4, -0.2) is 21.0 Å². The molecule has 3 rings (SSSR count). The number of hydrogen-bond donors (Lipinski definition) is 1. The van der Waals surface area contributed by atoms with Gasteiger partial charge in [0, 0.05) is 22.5 Å². The zero-order chi connectivity index (χ0) is 14.1. The minimum atomic E-state index is -0.888. The van der Waals surface area contributed by atoms with Crippen LogP contribution in [0.15, 0.2) is 35.8 Å². The first-order valence-corrected chi connectivity index (χ1v) is 7.10. The number of benzene rings is 1. The van der Waals surface area contributed by atoms with Gasteiger partial charge >= 0.3 is 5.97 Å². The number of thiazole rings is 1. The maximum Gasteiger partial charge on any atom is 0.309 e. The van der Waals surface area contributed by atoms with Crippen molar-refractivity contribution >= 4 is 39.8 Å². The average molecular weight is 305 g/mol. The zero-order valence-electron chi connectivity index (χ0n) is 10.2. The molecule has 0 atom stereocenters. The molecule has 20 heavy (non-hydrogen) atoms. The predicted molar refractivity (Wildman–Crippen MR) is 79.2 cm³/mol. The Hall–Kier alpha value is -1.98. The van der Waals surface area contributed by atoms with Crippen LogP contribution in [0.25, 0.3) is 21.5 Å². The highest BCUT2D eigenvalue weighted by Gasteiger charge is 2.12. The summed E-state index contributed by atoms with van der Waals surface area (Å²) in [6.45, 7) is 0. The topological polar surface area (TPSA) is 63.1 Å². The lowest BCUT2D eigenvalue weighted by molar-refractivity contribution is -0.136. The summed E-state index contributed by atoms with van der Waals surface area (Å²) in [6.07, 6.45) is 1.63. The van der Waals surface area contributed by atoms with Gasteiger partial charge in [0.05, 0.1) is 22.7 Å². The molecule has 0 bridgehead atoms. The SMILES string of the molecule is O=C(O)Cc1csc(-c2ccc(Cl)c3cccnc23)n1. The summed E-state index contributed by atoms with van der Waals surface area (Å²) in [5.74, 6) is -0.888. The third-order valence-electron chi connectivity index (χ3n) is 2.83. The summed E-state index contributed by atoms with van der Waals surface area (Å²) < 4.78 is 0. The van der Waals surface area contributed by atoms with E-state index < -0.39 is 5.97 Å². The number of halogens is 1. The number of hydrogen-bond acceptors (Lipinski definition) is 4. The van der Waals surface area contributed by atoms with Crippen molar-refractivity contribution < 1.29 is 9.90 Å². The molecule has 0 aliphatic rings. The second-order valence-corrected chi connectivity index (χ2v) is 5.47. The van der Waals surface area contributed by atoms with Gasteiger partial charge in [-0.25, -0.2) is 4.98 Å². The highest BCUT2D eigenvalue weighted by molar-refractivity contribution is 7.13. The Bertz CT molecular complexity index is 801. The Morgan fingerprint density at radius 1 is 1.35 bits per heavy atom. The van der Waals surface area contributed by atoms with Crippen molar-refractivity contribution in [3.8, 4) is 10.6 Å². The number of aliphatic carboxylic acids is 1. The van der Waals surface area contributed by atoms with Crippen molar-refractivity contribution in [2.75, 3.05) is 0 Å². The molecule has 0 amide bonds. The fourth-order valence-electron chi connectivity index (χ4n) is 1.98. The van der Waals surface area contributed by atoms with Crippen LogP contribution in [-0.2, 0) is 11.2 Å². The molecule has 0 radical (unpaired) electrons. The number of carbonyl (C=O) groups is 1. The Morgan fingerprint density at radius 2 is 2.20 bits per heavy atom. The summed E-state index contributed by atoms with van der Waals surface area (Å²) in [4.78, 5) is 19.4. The monoisotopic (exact) mass is 304 g/mol. The predicted octanol–water partition coefficient (Wildman–Crippen LogP) is 3.64. The number of nitrogens with zero attached hydrogens (tertiary/aromatic N) is 2. The Labute approximate surface area is 123 Å². The molecular formula is C14H9ClN2O2S. The van der Waals surface area contributed by atoms with Gasteiger partial charge in [0.15, 0.2) is 0 Å². The molecule has 3 aromatic rings.